The summed E-state index contributed by atoms with van der Waals surface area (Å²) in [5, 5.41) is 4.52. The van der Waals surface area contributed by atoms with Crippen LogP contribution in [-0.2, 0) is 10.2 Å². The molecule has 1 aliphatic heterocycles. The van der Waals surface area contributed by atoms with Crippen molar-refractivity contribution >= 4 is 11.2 Å². The van der Waals surface area contributed by atoms with Gasteiger partial charge in [-0.1, -0.05) is 0 Å². The Morgan fingerprint density at radius 2 is 1.83 bits per heavy atom. The van der Waals surface area contributed by atoms with E-state index in [1.54, 1.807) is 6.20 Å². The third-order valence-electron chi connectivity index (χ3n) is 8.47. The van der Waals surface area contributed by atoms with E-state index in [-0.39, 0.29) is 37.4 Å². The van der Waals surface area contributed by atoms with E-state index in [2.05, 4.69) is 21.3 Å². The van der Waals surface area contributed by atoms with Gasteiger partial charge >= 0.3 is 6.18 Å². The molecule has 5 fully saturated rings. The van der Waals surface area contributed by atoms with E-state index >= 15 is 0 Å². The summed E-state index contributed by atoms with van der Waals surface area (Å²) in [4.78, 5) is 18.9. The molecule has 0 spiro atoms. The first-order chi connectivity index (χ1) is 16.6. The molecule has 7 nitrogen and oxygen atoms in total. The van der Waals surface area contributed by atoms with E-state index in [1.165, 1.54) is 0 Å². The number of fused-ring (bicyclic) bond motifs is 1. The molecule has 4 saturated carbocycles. The first-order valence-corrected chi connectivity index (χ1v) is 12.4. The van der Waals surface area contributed by atoms with E-state index in [0.29, 0.717) is 35.1 Å². The van der Waals surface area contributed by atoms with Gasteiger partial charge in [0.05, 0.1) is 41.2 Å². The van der Waals surface area contributed by atoms with Gasteiger partial charge in [0.15, 0.2) is 5.65 Å². The third-order valence-corrected chi connectivity index (χ3v) is 8.47. The van der Waals surface area contributed by atoms with E-state index in [0.717, 1.165) is 30.5 Å². The molecule has 0 N–H and O–H groups in total. The van der Waals surface area contributed by atoms with Crippen molar-refractivity contribution in [2.75, 3.05) is 0 Å². The van der Waals surface area contributed by atoms with Crippen LogP contribution >= 0.6 is 0 Å². The summed E-state index contributed by atoms with van der Waals surface area (Å²) in [7, 11) is 0. The van der Waals surface area contributed by atoms with Crippen LogP contribution in [0, 0.1) is 12.3 Å². The average molecular weight is 485 g/mol. The lowest BCUT2D eigenvalue weighted by Gasteiger charge is -2.70. The predicted molar refractivity (Wildman–Crippen MR) is 120 cm³/mol. The normalized spacial score (nSPS) is 34.5. The summed E-state index contributed by atoms with van der Waals surface area (Å²) >= 11 is 0. The molecule has 2 bridgehead atoms. The summed E-state index contributed by atoms with van der Waals surface area (Å²) in [6.07, 6.45) is 5.34. The quantitative estimate of drug-likeness (QED) is 0.502. The molecule has 4 aliphatic carbocycles. The summed E-state index contributed by atoms with van der Waals surface area (Å²) in [5.41, 5.74) is 1.32. The smallest absolute Gasteiger partial charge is 0.370 e. The largest absolute Gasteiger partial charge is 0.394 e. The zero-order chi connectivity index (χ0) is 24.2. The van der Waals surface area contributed by atoms with Gasteiger partial charge in [-0.2, -0.15) is 18.3 Å². The van der Waals surface area contributed by atoms with E-state index in [4.69, 9.17) is 14.7 Å². The lowest BCUT2D eigenvalue weighted by molar-refractivity contribution is -0.337. The highest BCUT2D eigenvalue weighted by Gasteiger charge is 2.79. The van der Waals surface area contributed by atoms with Gasteiger partial charge in [0.2, 0.25) is 0 Å². The zero-order valence-corrected chi connectivity index (χ0v) is 19.7. The molecule has 4 heterocycles. The molecule has 5 aliphatic rings. The Balaban J connectivity index is 1.24. The number of aromatic nitrogens is 6. The molecule has 3 aromatic heterocycles. The molecule has 0 radical (unpaired) electrons. The second kappa shape index (κ2) is 6.99. The van der Waals surface area contributed by atoms with Gasteiger partial charge in [0.25, 0.3) is 0 Å². The standard InChI is InChI=1S/C25H27F3N6O/c1-13-7-29-19-20(23-10-24(11-23,12-23)25(26,27)28)32-21(33-22(19)31-13)15-5-14(2)35-18(6-15)16-8-30-34(9-16)17-3-4-17/h7-9,14-15,17-18H,3-6,10-12H2,1-2H3. The Morgan fingerprint density at radius 3 is 2.54 bits per heavy atom. The maximum atomic E-state index is 13.6. The average Bonchev–Trinajstić information content (AvgIpc) is 3.46. The highest BCUT2D eigenvalue weighted by Crippen LogP contribution is 2.78. The third kappa shape index (κ3) is 3.24. The molecule has 3 unspecified atom stereocenters. The van der Waals surface area contributed by atoms with Crippen LogP contribution in [0.3, 0.4) is 0 Å². The van der Waals surface area contributed by atoms with Crippen LogP contribution in [-0.4, -0.2) is 42.0 Å². The van der Waals surface area contributed by atoms with Crippen LogP contribution in [0.5, 0.6) is 0 Å². The Bertz CT molecular complexity index is 1310. The lowest BCUT2D eigenvalue weighted by Crippen LogP contribution is -2.70. The second-order valence-electron chi connectivity index (χ2n) is 11.3. The van der Waals surface area contributed by atoms with Crippen LogP contribution in [0.1, 0.15) is 92.7 Å². The molecular formula is C25H27F3N6O. The minimum Gasteiger partial charge on any atom is -0.370 e. The number of rotatable bonds is 4. The van der Waals surface area contributed by atoms with Gasteiger partial charge in [-0.05, 0) is 58.8 Å². The van der Waals surface area contributed by atoms with Crippen LogP contribution in [0.15, 0.2) is 18.6 Å². The molecule has 0 amide bonds. The summed E-state index contributed by atoms with van der Waals surface area (Å²) in [5.74, 6) is 0.662. The van der Waals surface area contributed by atoms with Gasteiger partial charge in [-0.3, -0.25) is 4.68 Å². The number of hydrogen-bond donors (Lipinski definition) is 0. The van der Waals surface area contributed by atoms with Crippen LogP contribution in [0.4, 0.5) is 13.2 Å². The fourth-order valence-corrected chi connectivity index (χ4v) is 6.53. The highest BCUT2D eigenvalue weighted by molar-refractivity contribution is 5.75. The molecule has 0 aromatic carbocycles. The molecule has 10 heteroatoms. The minimum absolute atomic E-state index is 0.00202. The number of aryl methyl sites for hydroxylation is 1. The fourth-order valence-electron chi connectivity index (χ4n) is 6.53. The first-order valence-electron chi connectivity index (χ1n) is 12.4. The Morgan fingerprint density at radius 1 is 1.06 bits per heavy atom. The fraction of sp³-hybridized carbons (Fsp3) is 0.640. The number of alkyl halides is 3. The number of nitrogens with zero attached hydrogens (tertiary/aromatic N) is 6. The van der Waals surface area contributed by atoms with Crippen molar-refractivity contribution in [2.24, 2.45) is 5.41 Å². The van der Waals surface area contributed by atoms with Crippen molar-refractivity contribution in [1.82, 2.24) is 29.7 Å². The monoisotopic (exact) mass is 484 g/mol. The Hall–Kier alpha value is -2.62. The van der Waals surface area contributed by atoms with Crippen molar-refractivity contribution in [1.29, 1.82) is 0 Å². The van der Waals surface area contributed by atoms with Gasteiger partial charge in [0.1, 0.15) is 11.3 Å². The van der Waals surface area contributed by atoms with Crippen LogP contribution in [0.25, 0.3) is 11.2 Å². The van der Waals surface area contributed by atoms with Gasteiger partial charge in [0, 0.05) is 29.3 Å². The zero-order valence-electron chi connectivity index (χ0n) is 19.7. The van der Waals surface area contributed by atoms with E-state index in [1.807, 2.05) is 24.7 Å². The van der Waals surface area contributed by atoms with Crippen LogP contribution in [0.2, 0.25) is 0 Å². The maximum absolute atomic E-state index is 13.6. The first kappa shape index (κ1) is 21.6. The van der Waals surface area contributed by atoms with Crippen molar-refractivity contribution < 1.29 is 17.9 Å². The lowest BCUT2D eigenvalue weighted by atomic mass is 9.34. The van der Waals surface area contributed by atoms with Crippen LogP contribution < -0.4 is 0 Å². The van der Waals surface area contributed by atoms with Crippen molar-refractivity contribution in [3.63, 3.8) is 0 Å². The second-order valence-corrected chi connectivity index (χ2v) is 11.3. The highest BCUT2D eigenvalue weighted by atomic mass is 19.4. The molecule has 8 rings (SSSR count). The summed E-state index contributed by atoms with van der Waals surface area (Å²) in [6.45, 7) is 3.89. The van der Waals surface area contributed by atoms with E-state index in [9.17, 15) is 13.2 Å². The van der Waals surface area contributed by atoms with E-state index < -0.39 is 17.0 Å². The molecule has 3 aromatic rings. The Labute approximate surface area is 200 Å². The van der Waals surface area contributed by atoms with Gasteiger partial charge < -0.3 is 4.74 Å². The number of halogens is 3. The Kier molecular flexibility index (Phi) is 4.32. The topological polar surface area (TPSA) is 78.6 Å². The molecule has 1 saturated heterocycles. The molecule has 184 valence electrons. The number of hydrogen-bond acceptors (Lipinski definition) is 6. The van der Waals surface area contributed by atoms with Gasteiger partial charge in [-0.15, -0.1) is 0 Å². The molecular weight excluding hydrogens is 457 g/mol. The maximum Gasteiger partial charge on any atom is 0.394 e. The van der Waals surface area contributed by atoms with Crippen molar-refractivity contribution in [3.8, 4) is 0 Å². The summed E-state index contributed by atoms with van der Waals surface area (Å²) in [6, 6.07) is 0.502. The predicted octanol–water partition coefficient (Wildman–Crippen LogP) is 5.27. The molecule has 35 heavy (non-hydrogen) atoms. The van der Waals surface area contributed by atoms with Crippen molar-refractivity contribution in [2.45, 2.75) is 94.6 Å². The summed E-state index contributed by atoms with van der Waals surface area (Å²) < 4.78 is 49.0. The van der Waals surface area contributed by atoms with Gasteiger partial charge in [-0.25, -0.2) is 19.9 Å². The van der Waals surface area contributed by atoms with Crippen molar-refractivity contribution in [3.05, 3.63) is 41.4 Å². The minimum atomic E-state index is -4.17. The number of ether oxygens (including phenoxy) is 1. The SMILES string of the molecule is Cc1cnc2c(C34CC(C(F)(F)F)(C3)C4)nc(C3CC(C)OC(c4cnn(C5CC5)c4)C3)nc2n1. The molecule has 3 atom stereocenters.